The van der Waals surface area contributed by atoms with Crippen LogP contribution in [0.2, 0.25) is 0 Å². The highest BCUT2D eigenvalue weighted by molar-refractivity contribution is 5.96. The summed E-state index contributed by atoms with van der Waals surface area (Å²) < 4.78 is 12.8. The van der Waals surface area contributed by atoms with Crippen molar-refractivity contribution in [3.63, 3.8) is 0 Å². The van der Waals surface area contributed by atoms with E-state index >= 15 is 0 Å². The maximum Gasteiger partial charge on any atom is 0.280 e. The molecule has 1 aromatic heterocycles. The van der Waals surface area contributed by atoms with Gasteiger partial charge in [0.25, 0.3) is 5.91 Å². The first-order chi connectivity index (χ1) is 12.7. The Hall–Kier alpha value is -3.35. The average Bonchev–Trinajstić information content (AvgIpc) is 3.18. The van der Waals surface area contributed by atoms with Crippen LogP contribution in [-0.2, 0) is 6.54 Å². The summed E-state index contributed by atoms with van der Waals surface area (Å²) in [5.41, 5.74) is 1.47. The SMILES string of the molecule is COc1ccc2c3n(c(=NC(=O)c4ccccc4)nc2c1OC)CCN3. The van der Waals surface area contributed by atoms with Gasteiger partial charge in [-0.15, -0.1) is 0 Å². The van der Waals surface area contributed by atoms with Gasteiger partial charge in [0.05, 0.1) is 14.2 Å². The van der Waals surface area contributed by atoms with Crippen LogP contribution in [0.25, 0.3) is 10.9 Å². The molecule has 132 valence electrons. The van der Waals surface area contributed by atoms with E-state index in [9.17, 15) is 4.79 Å². The lowest BCUT2D eigenvalue weighted by Gasteiger charge is -2.13. The molecule has 0 atom stereocenters. The Kier molecular flexibility index (Phi) is 4.04. The molecular formula is C19H18N4O3. The number of carbonyl (C=O) groups is 1. The number of hydrogen-bond acceptors (Lipinski definition) is 5. The van der Waals surface area contributed by atoms with E-state index in [2.05, 4.69) is 15.3 Å². The predicted molar refractivity (Wildman–Crippen MR) is 97.7 cm³/mol. The number of carbonyl (C=O) groups excluding carboxylic acids is 1. The van der Waals surface area contributed by atoms with Crippen LogP contribution in [0.1, 0.15) is 10.4 Å². The molecule has 0 fully saturated rings. The van der Waals surface area contributed by atoms with Crippen molar-refractivity contribution in [2.24, 2.45) is 4.99 Å². The first-order valence-corrected chi connectivity index (χ1v) is 8.26. The van der Waals surface area contributed by atoms with Crippen LogP contribution in [0, 0.1) is 0 Å². The van der Waals surface area contributed by atoms with Gasteiger partial charge in [-0.25, -0.2) is 4.98 Å². The first-order valence-electron chi connectivity index (χ1n) is 8.26. The minimum absolute atomic E-state index is 0.332. The highest BCUT2D eigenvalue weighted by Gasteiger charge is 2.20. The fraction of sp³-hybridized carbons (Fsp3) is 0.211. The Bertz CT molecular complexity index is 1060. The number of nitrogens with one attached hydrogen (secondary N) is 1. The average molecular weight is 350 g/mol. The second-order valence-electron chi connectivity index (χ2n) is 5.82. The fourth-order valence-corrected chi connectivity index (χ4v) is 3.13. The summed E-state index contributed by atoms with van der Waals surface area (Å²) in [5.74, 6) is 1.64. The molecule has 26 heavy (non-hydrogen) atoms. The maximum absolute atomic E-state index is 12.5. The second-order valence-corrected chi connectivity index (χ2v) is 5.82. The van der Waals surface area contributed by atoms with Crippen LogP contribution in [-0.4, -0.2) is 36.2 Å². The first kappa shape index (κ1) is 16.1. The van der Waals surface area contributed by atoms with E-state index in [-0.39, 0.29) is 5.91 Å². The lowest BCUT2D eigenvalue weighted by molar-refractivity contribution is 0.0996. The monoisotopic (exact) mass is 350 g/mol. The van der Waals surface area contributed by atoms with E-state index < -0.39 is 0 Å². The highest BCUT2D eigenvalue weighted by Crippen LogP contribution is 2.36. The molecule has 0 spiro atoms. The number of aromatic nitrogens is 2. The topological polar surface area (TPSA) is 77.7 Å². The van der Waals surface area contributed by atoms with E-state index in [4.69, 9.17) is 9.47 Å². The molecule has 1 aliphatic heterocycles. The minimum Gasteiger partial charge on any atom is -0.493 e. The smallest absolute Gasteiger partial charge is 0.280 e. The molecule has 1 aliphatic rings. The van der Waals surface area contributed by atoms with Crippen molar-refractivity contribution in [2.75, 3.05) is 26.1 Å². The molecule has 1 N–H and O–H groups in total. The van der Waals surface area contributed by atoms with Crippen molar-refractivity contribution in [2.45, 2.75) is 6.54 Å². The third-order valence-electron chi connectivity index (χ3n) is 4.35. The molecule has 0 bridgehead atoms. The van der Waals surface area contributed by atoms with Crippen molar-refractivity contribution >= 4 is 22.6 Å². The highest BCUT2D eigenvalue weighted by atomic mass is 16.5. The summed E-state index contributed by atoms with van der Waals surface area (Å²) >= 11 is 0. The molecule has 0 saturated carbocycles. The standard InChI is InChI=1S/C19H18N4O3/c1-25-14-9-8-13-15(16(14)26-2)21-19(23-11-10-20-17(13)23)22-18(24)12-6-4-3-5-7-12/h3-9,20H,10-11H2,1-2H3. The Labute approximate surface area is 149 Å². The van der Waals surface area contributed by atoms with Gasteiger partial charge in [0.15, 0.2) is 11.5 Å². The van der Waals surface area contributed by atoms with Crippen molar-refractivity contribution in [3.05, 3.63) is 53.6 Å². The summed E-state index contributed by atoms with van der Waals surface area (Å²) in [6, 6.07) is 12.7. The Morgan fingerprint density at radius 1 is 1.15 bits per heavy atom. The molecule has 4 rings (SSSR count). The summed E-state index contributed by atoms with van der Waals surface area (Å²) in [7, 11) is 3.15. The summed E-state index contributed by atoms with van der Waals surface area (Å²) in [6.45, 7) is 1.44. The van der Waals surface area contributed by atoms with Crippen LogP contribution in [0.4, 0.5) is 5.82 Å². The van der Waals surface area contributed by atoms with Crippen LogP contribution in [0.3, 0.4) is 0 Å². The number of benzene rings is 2. The number of hydrogen-bond donors (Lipinski definition) is 1. The quantitative estimate of drug-likeness (QED) is 0.784. The summed E-state index contributed by atoms with van der Waals surface area (Å²) in [6.07, 6.45) is 0. The number of nitrogens with zero attached hydrogens (tertiary/aromatic N) is 3. The van der Waals surface area contributed by atoms with Crippen molar-refractivity contribution in [1.29, 1.82) is 0 Å². The van der Waals surface area contributed by atoms with Gasteiger partial charge >= 0.3 is 0 Å². The fourth-order valence-electron chi connectivity index (χ4n) is 3.13. The lowest BCUT2D eigenvalue weighted by Crippen LogP contribution is -2.25. The third kappa shape index (κ3) is 2.57. The molecule has 1 amide bonds. The Morgan fingerprint density at radius 3 is 2.69 bits per heavy atom. The zero-order valence-electron chi connectivity index (χ0n) is 14.5. The van der Waals surface area contributed by atoms with E-state index in [0.717, 1.165) is 17.7 Å². The van der Waals surface area contributed by atoms with Gasteiger partial charge in [-0.2, -0.15) is 4.99 Å². The predicted octanol–water partition coefficient (Wildman–Crippen LogP) is 2.22. The molecule has 0 unspecified atom stereocenters. The van der Waals surface area contributed by atoms with E-state index in [1.165, 1.54) is 0 Å². The van der Waals surface area contributed by atoms with Gasteiger partial charge in [-0.1, -0.05) is 18.2 Å². The summed E-state index contributed by atoms with van der Waals surface area (Å²) in [4.78, 5) is 21.4. The third-order valence-corrected chi connectivity index (χ3v) is 4.35. The maximum atomic E-state index is 12.5. The van der Waals surface area contributed by atoms with Gasteiger partial charge in [-0.3, -0.25) is 9.36 Å². The molecule has 7 nitrogen and oxygen atoms in total. The molecule has 2 aromatic carbocycles. The van der Waals surface area contributed by atoms with E-state index in [0.29, 0.717) is 34.7 Å². The molecular weight excluding hydrogens is 332 g/mol. The number of ether oxygens (including phenoxy) is 2. The van der Waals surface area contributed by atoms with Gasteiger partial charge in [0.1, 0.15) is 11.3 Å². The number of fused-ring (bicyclic) bond motifs is 3. The van der Waals surface area contributed by atoms with Crippen LogP contribution < -0.4 is 20.4 Å². The normalized spacial score (nSPS) is 13.4. The largest absolute Gasteiger partial charge is 0.493 e. The van der Waals surface area contributed by atoms with Gasteiger partial charge < -0.3 is 14.8 Å². The number of rotatable bonds is 3. The number of amides is 1. The molecule has 0 radical (unpaired) electrons. The number of anilines is 1. The zero-order valence-corrected chi connectivity index (χ0v) is 14.5. The van der Waals surface area contributed by atoms with Gasteiger partial charge in [0.2, 0.25) is 5.62 Å². The molecule has 0 saturated heterocycles. The van der Waals surface area contributed by atoms with Crippen LogP contribution >= 0.6 is 0 Å². The molecule has 2 heterocycles. The minimum atomic E-state index is -0.332. The van der Waals surface area contributed by atoms with Gasteiger partial charge in [-0.05, 0) is 24.3 Å². The van der Waals surface area contributed by atoms with Crippen LogP contribution in [0.5, 0.6) is 11.5 Å². The lowest BCUT2D eigenvalue weighted by atomic mass is 10.2. The van der Waals surface area contributed by atoms with Gasteiger partial charge in [0, 0.05) is 24.0 Å². The Morgan fingerprint density at radius 2 is 1.96 bits per heavy atom. The van der Waals surface area contributed by atoms with E-state index in [1.54, 1.807) is 26.4 Å². The van der Waals surface area contributed by atoms with Crippen molar-refractivity contribution < 1.29 is 14.3 Å². The zero-order chi connectivity index (χ0) is 18.1. The molecule has 3 aromatic rings. The van der Waals surface area contributed by atoms with E-state index in [1.807, 2.05) is 34.9 Å². The second kappa shape index (κ2) is 6.51. The number of methoxy groups -OCH3 is 2. The summed E-state index contributed by atoms with van der Waals surface area (Å²) in [5, 5.41) is 4.24. The molecule has 7 heteroatoms. The molecule has 0 aliphatic carbocycles. The Balaban J connectivity index is 1.98. The van der Waals surface area contributed by atoms with Crippen LogP contribution in [0.15, 0.2) is 47.5 Å². The van der Waals surface area contributed by atoms with Crippen molar-refractivity contribution in [1.82, 2.24) is 9.55 Å². The van der Waals surface area contributed by atoms with Crippen molar-refractivity contribution in [3.8, 4) is 11.5 Å².